The van der Waals surface area contributed by atoms with Crippen molar-refractivity contribution in [3.63, 3.8) is 0 Å². The van der Waals surface area contributed by atoms with Crippen LogP contribution in [0.5, 0.6) is 0 Å². The van der Waals surface area contributed by atoms with Crippen LogP contribution < -0.4 is 11.1 Å². The number of anilines is 2. The van der Waals surface area contributed by atoms with E-state index in [1.807, 2.05) is 36.4 Å². The van der Waals surface area contributed by atoms with E-state index in [2.05, 4.69) is 16.4 Å². The fourth-order valence-corrected chi connectivity index (χ4v) is 2.32. The molecule has 0 saturated heterocycles. The van der Waals surface area contributed by atoms with Gasteiger partial charge in [0.15, 0.2) is 0 Å². The molecule has 0 fully saturated rings. The van der Waals surface area contributed by atoms with Crippen molar-refractivity contribution >= 4 is 22.1 Å². The predicted molar refractivity (Wildman–Crippen MR) is 84.6 cm³/mol. The van der Waals surface area contributed by atoms with Gasteiger partial charge in [-0.2, -0.15) is 5.26 Å². The van der Waals surface area contributed by atoms with Crippen molar-refractivity contribution in [2.75, 3.05) is 11.1 Å². The van der Waals surface area contributed by atoms with E-state index < -0.39 is 0 Å². The van der Waals surface area contributed by atoms with Gasteiger partial charge in [0.1, 0.15) is 0 Å². The van der Waals surface area contributed by atoms with Crippen LogP contribution in [0, 0.1) is 11.3 Å². The average molecular weight is 274 g/mol. The first kappa shape index (κ1) is 12.9. The zero-order valence-corrected chi connectivity index (χ0v) is 11.4. The number of hydrogen-bond donors (Lipinski definition) is 2. The molecule has 3 aromatic rings. The summed E-state index contributed by atoms with van der Waals surface area (Å²) in [4.78, 5) is 4.16. The summed E-state index contributed by atoms with van der Waals surface area (Å²) in [5, 5.41) is 14.3. The Morgan fingerprint density at radius 2 is 2.05 bits per heavy atom. The van der Waals surface area contributed by atoms with E-state index in [0.29, 0.717) is 12.1 Å². The number of aromatic nitrogens is 1. The van der Waals surface area contributed by atoms with Crippen molar-refractivity contribution in [1.29, 1.82) is 5.26 Å². The van der Waals surface area contributed by atoms with Gasteiger partial charge in [0, 0.05) is 41.1 Å². The minimum absolute atomic E-state index is 0.642. The van der Waals surface area contributed by atoms with Gasteiger partial charge >= 0.3 is 0 Å². The number of nitriles is 1. The molecule has 0 unspecified atom stereocenters. The number of pyridine rings is 1. The zero-order valence-electron chi connectivity index (χ0n) is 11.4. The van der Waals surface area contributed by atoms with Crippen molar-refractivity contribution in [1.82, 2.24) is 4.98 Å². The van der Waals surface area contributed by atoms with Crippen molar-refractivity contribution in [3.8, 4) is 6.07 Å². The third-order valence-electron chi connectivity index (χ3n) is 3.39. The molecule has 21 heavy (non-hydrogen) atoms. The summed E-state index contributed by atoms with van der Waals surface area (Å²) in [6, 6.07) is 15.5. The van der Waals surface area contributed by atoms with E-state index in [4.69, 9.17) is 11.0 Å². The molecule has 0 aliphatic carbocycles. The topological polar surface area (TPSA) is 74.7 Å². The molecule has 102 valence electrons. The highest BCUT2D eigenvalue weighted by atomic mass is 14.9. The Kier molecular flexibility index (Phi) is 3.40. The Morgan fingerprint density at radius 1 is 1.14 bits per heavy atom. The Hall–Kier alpha value is -3.06. The van der Waals surface area contributed by atoms with Crippen LogP contribution in [0.2, 0.25) is 0 Å². The summed E-state index contributed by atoms with van der Waals surface area (Å²) in [5.74, 6) is 0. The fraction of sp³-hybridized carbons (Fsp3) is 0.0588. The van der Waals surface area contributed by atoms with Crippen LogP contribution in [0.3, 0.4) is 0 Å². The molecule has 1 aromatic heterocycles. The Balaban J connectivity index is 1.89. The first-order valence-corrected chi connectivity index (χ1v) is 6.63. The number of nitrogens with one attached hydrogen (secondary N) is 1. The Bertz CT molecular complexity index is 834. The Labute approximate surface area is 122 Å². The van der Waals surface area contributed by atoms with E-state index in [1.165, 1.54) is 0 Å². The lowest BCUT2D eigenvalue weighted by Crippen LogP contribution is -2.01. The highest BCUT2D eigenvalue weighted by Gasteiger charge is 2.04. The summed E-state index contributed by atoms with van der Waals surface area (Å²) >= 11 is 0. The molecule has 4 nitrogen and oxygen atoms in total. The number of nitrogens with two attached hydrogens (primary N) is 1. The molecule has 0 atom stereocenters. The number of nitrogen functional groups attached to an aromatic ring is 1. The first-order valence-electron chi connectivity index (χ1n) is 6.63. The molecule has 0 bridgehead atoms. The van der Waals surface area contributed by atoms with E-state index in [9.17, 15) is 0 Å². The Morgan fingerprint density at radius 3 is 2.90 bits per heavy atom. The molecule has 4 heteroatoms. The van der Waals surface area contributed by atoms with Crippen LogP contribution in [-0.2, 0) is 6.54 Å². The number of nitrogens with zero attached hydrogens (tertiary/aromatic N) is 2. The third kappa shape index (κ3) is 2.63. The second kappa shape index (κ2) is 5.51. The molecule has 3 rings (SSSR count). The first-order chi connectivity index (χ1) is 10.3. The zero-order chi connectivity index (χ0) is 14.7. The maximum absolute atomic E-state index is 8.93. The predicted octanol–water partition coefficient (Wildman–Crippen LogP) is 3.30. The summed E-state index contributed by atoms with van der Waals surface area (Å²) in [6.07, 6.45) is 3.54. The molecule has 0 radical (unpaired) electrons. The second-order valence-electron chi connectivity index (χ2n) is 4.79. The van der Waals surface area contributed by atoms with E-state index in [-0.39, 0.29) is 0 Å². The van der Waals surface area contributed by atoms with Crippen LogP contribution in [0.15, 0.2) is 54.9 Å². The quantitative estimate of drug-likeness (QED) is 0.718. The largest absolute Gasteiger partial charge is 0.398 e. The van der Waals surface area contributed by atoms with Gasteiger partial charge in [0.2, 0.25) is 0 Å². The maximum atomic E-state index is 8.93. The summed E-state index contributed by atoms with van der Waals surface area (Å²) in [5.41, 5.74) is 9.42. The van der Waals surface area contributed by atoms with Crippen LogP contribution in [-0.4, -0.2) is 4.98 Å². The minimum Gasteiger partial charge on any atom is -0.398 e. The molecule has 0 spiro atoms. The van der Waals surface area contributed by atoms with Gasteiger partial charge in [-0.3, -0.25) is 4.98 Å². The number of rotatable bonds is 3. The lowest BCUT2D eigenvalue weighted by Gasteiger charge is -2.11. The van der Waals surface area contributed by atoms with Crippen molar-refractivity contribution in [2.45, 2.75) is 6.54 Å². The van der Waals surface area contributed by atoms with Gasteiger partial charge in [-0.15, -0.1) is 0 Å². The fourth-order valence-electron chi connectivity index (χ4n) is 2.32. The van der Waals surface area contributed by atoms with Crippen LogP contribution in [0.1, 0.15) is 11.1 Å². The standard InChI is InChI=1S/C17H14N4/c18-9-12-2-1-3-13(8-12)10-21-17-5-4-16(19)14-6-7-20-11-15(14)17/h1-8,11,21H,10,19H2. The third-order valence-corrected chi connectivity index (χ3v) is 3.39. The molecule has 0 aliphatic heterocycles. The molecule has 0 amide bonds. The SMILES string of the molecule is N#Cc1cccc(CNc2ccc(N)c3ccncc23)c1. The van der Waals surface area contributed by atoms with E-state index in [0.717, 1.165) is 27.7 Å². The van der Waals surface area contributed by atoms with Crippen LogP contribution >= 0.6 is 0 Å². The maximum Gasteiger partial charge on any atom is 0.0991 e. The highest BCUT2D eigenvalue weighted by molar-refractivity contribution is 6.00. The summed E-state index contributed by atoms with van der Waals surface area (Å²) in [6.45, 7) is 0.642. The van der Waals surface area contributed by atoms with Crippen molar-refractivity contribution in [2.24, 2.45) is 0 Å². The van der Waals surface area contributed by atoms with Crippen molar-refractivity contribution < 1.29 is 0 Å². The van der Waals surface area contributed by atoms with Gasteiger partial charge in [-0.25, -0.2) is 0 Å². The van der Waals surface area contributed by atoms with Gasteiger partial charge in [0.25, 0.3) is 0 Å². The van der Waals surface area contributed by atoms with Crippen molar-refractivity contribution in [3.05, 3.63) is 66.0 Å². The molecular weight excluding hydrogens is 260 g/mol. The molecule has 2 aromatic carbocycles. The lowest BCUT2D eigenvalue weighted by atomic mass is 10.1. The molecule has 1 heterocycles. The molecule has 0 aliphatic rings. The van der Waals surface area contributed by atoms with Gasteiger partial charge in [-0.1, -0.05) is 12.1 Å². The molecule has 3 N–H and O–H groups in total. The van der Waals surface area contributed by atoms with Gasteiger partial charge in [-0.05, 0) is 35.9 Å². The minimum atomic E-state index is 0.642. The second-order valence-corrected chi connectivity index (χ2v) is 4.79. The van der Waals surface area contributed by atoms with Gasteiger partial charge in [0.05, 0.1) is 11.6 Å². The molecule has 0 saturated carbocycles. The summed E-state index contributed by atoms with van der Waals surface area (Å²) < 4.78 is 0. The number of benzene rings is 2. The van der Waals surface area contributed by atoms with Crippen LogP contribution in [0.25, 0.3) is 10.8 Å². The average Bonchev–Trinajstić information content (AvgIpc) is 2.55. The summed E-state index contributed by atoms with van der Waals surface area (Å²) in [7, 11) is 0. The number of hydrogen-bond acceptors (Lipinski definition) is 4. The highest BCUT2D eigenvalue weighted by Crippen LogP contribution is 2.27. The van der Waals surface area contributed by atoms with Crippen LogP contribution in [0.4, 0.5) is 11.4 Å². The molecular formula is C17H14N4. The normalized spacial score (nSPS) is 10.2. The van der Waals surface area contributed by atoms with Gasteiger partial charge < -0.3 is 11.1 Å². The van der Waals surface area contributed by atoms with E-state index >= 15 is 0 Å². The monoisotopic (exact) mass is 274 g/mol. The number of fused-ring (bicyclic) bond motifs is 1. The lowest BCUT2D eigenvalue weighted by molar-refractivity contribution is 1.15. The van der Waals surface area contributed by atoms with E-state index in [1.54, 1.807) is 18.5 Å². The smallest absolute Gasteiger partial charge is 0.0991 e.